The molecule has 13 heavy (non-hydrogen) atoms. The van der Waals surface area contributed by atoms with Gasteiger partial charge in [-0.2, -0.15) is 0 Å². The third-order valence-electron chi connectivity index (χ3n) is 1.99. The van der Waals surface area contributed by atoms with Gasteiger partial charge in [-0.05, 0) is 66.5 Å². The Morgan fingerprint density at radius 3 is 2.54 bits per heavy atom. The number of hydrogen-bond donors (Lipinski definition) is 0. The van der Waals surface area contributed by atoms with Crippen molar-refractivity contribution >= 4 is 22.6 Å². The van der Waals surface area contributed by atoms with Crippen molar-refractivity contribution in [1.29, 1.82) is 0 Å². The monoisotopic (exact) mass is 286 g/mol. The first-order valence-electron chi connectivity index (χ1n) is 4.68. The predicted octanol–water partition coefficient (Wildman–Crippen LogP) is 4.19. The Kier molecular flexibility index (Phi) is 5.13. The molecule has 70 valence electrons. The molecule has 1 rings (SSSR count). The van der Waals surface area contributed by atoms with E-state index in [4.69, 9.17) is 0 Å². The van der Waals surface area contributed by atoms with Crippen LogP contribution in [0.5, 0.6) is 0 Å². The van der Waals surface area contributed by atoms with Gasteiger partial charge in [-0.3, -0.25) is 0 Å². The minimum Gasteiger partial charge on any atom is -0.0917 e. The molecule has 0 unspecified atom stereocenters. The van der Waals surface area contributed by atoms with Gasteiger partial charge in [0.2, 0.25) is 0 Å². The summed E-state index contributed by atoms with van der Waals surface area (Å²) in [6.45, 7) is 2.07. The summed E-state index contributed by atoms with van der Waals surface area (Å²) in [5.41, 5.74) is 1.45. The third-order valence-corrected chi connectivity index (χ3v) is 2.70. The third kappa shape index (κ3) is 4.46. The molecule has 0 fully saturated rings. The van der Waals surface area contributed by atoms with Crippen molar-refractivity contribution in [2.45, 2.75) is 26.2 Å². The summed E-state index contributed by atoms with van der Waals surface area (Å²) >= 11 is 2.34. The van der Waals surface area contributed by atoms with Crippen LogP contribution < -0.4 is 0 Å². The van der Waals surface area contributed by atoms with Crippen LogP contribution in [0.15, 0.2) is 36.4 Å². The fraction of sp³-hybridized carbons (Fsp3) is 0.333. The molecule has 0 atom stereocenters. The SMILES string of the molecule is CC=CCCCc1ccc(I)cc1. The summed E-state index contributed by atoms with van der Waals surface area (Å²) < 4.78 is 1.31. The van der Waals surface area contributed by atoms with E-state index in [1.54, 1.807) is 0 Å². The largest absolute Gasteiger partial charge is 0.0917 e. The zero-order valence-corrected chi connectivity index (χ0v) is 10.1. The molecule has 0 saturated carbocycles. The number of aryl methyl sites for hydroxylation is 1. The lowest BCUT2D eigenvalue weighted by Crippen LogP contribution is -1.84. The molecule has 0 spiro atoms. The van der Waals surface area contributed by atoms with Crippen LogP contribution in [0.25, 0.3) is 0 Å². The van der Waals surface area contributed by atoms with Crippen molar-refractivity contribution in [3.8, 4) is 0 Å². The van der Waals surface area contributed by atoms with E-state index < -0.39 is 0 Å². The fourth-order valence-electron chi connectivity index (χ4n) is 1.24. The molecule has 0 aliphatic carbocycles. The molecule has 0 N–H and O–H groups in total. The predicted molar refractivity (Wildman–Crippen MR) is 66.9 cm³/mol. The highest BCUT2D eigenvalue weighted by Crippen LogP contribution is 2.09. The molecule has 0 aliphatic rings. The first-order valence-corrected chi connectivity index (χ1v) is 5.76. The summed E-state index contributed by atoms with van der Waals surface area (Å²) in [6.07, 6.45) is 8.00. The summed E-state index contributed by atoms with van der Waals surface area (Å²) in [6, 6.07) is 8.78. The van der Waals surface area contributed by atoms with Crippen LogP contribution in [0.1, 0.15) is 25.3 Å². The fourth-order valence-corrected chi connectivity index (χ4v) is 1.60. The number of rotatable bonds is 4. The Labute approximate surface area is 94.2 Å². The number of hydrogen-bond acceptors (Lipinski definition) is 0. The summed E-state index contributed by atoms with van der Waals surface area (Å²) in [7, 11) is 0. The maximum atomic E-state index is 2.34. The highest BCUT2D eigenvalue weighted by atomic mass is 127. The average Bonchev–Trinajstić information content (AvgIpc) is 2.15. The van der Waals surface area contributed by atoms with Gasteiger partial charge in [0.1, 0.15) is 0 Å². The first-order chi connectivity index (χ1) is 6.33. The molecular weight excluding hydrogens is 271 g/mol. The van der Waals surface area contributed by atoms with Crippen molar-refractivity contribution in [1.82, 2.24) is 0 Å². The molecule has 1 heteroatoms. The van der Waals surface area contributed by atoms with E-state index in [9.17, 15) is 0 Å². The van der Waals surface area contributed by atoms with Crippen molar-refractivity contribution in [2.75, 3.05) is 0 Å². The number of halogens is 1. The van der Waals surface area contributed by atoms with Gasteiger partial charge in [0.15, 0.2) is 0 Å². The lowest BCUT2D eigenvalue weighted by Gasteiger charge is -1.99. The topological polar surface area (TPSA) is 0 Å². The number of unbranched alkanes of at least 4 members (excludes halogenated alkanes) is 1. The quantitative estimate of drug-likeness (QED) is 0.442. The lowest BCUT2D eigenvalue weighted by atomic mass is 10.1. The van der Waals surface area contributed by atoms with Crippen LogP contribution in [-0.4, -0.2) is 0 Å². The maximum absolute atomic E-state index is 2.34. The van der Waals surface area contributed by atoms with E-state index in [1.165, 1.54) is 28.4 Å². The Hall–Kier alpha value is -0.310. The Balaban J connectivity index is 2.33. The average molecular weight is 286 g/mol. The van der Waals surface area contributed by atoms with Crippen molar-refractivity contribution in [3.05, 3.63) is 45.6 Å². The minimum absolute atomic E-state index is 1.20. The van der Waals surface area contributed by atoms with Gasteiger partial charge in [0, 0.05) is 3.57 Å². The van der Waals surface area contributed by atoms with Gasteiger partial charge in [-0.25, -0.2) is 0 Å². The van der Waals surface area contributed by atoms with Crippen molar-refractivity contribution < 1.29 is 0 Å². The standard InChI is InChI=1S/C12H15I/c1-2-3-4-5-6-11-7-9-12(13)10-8-11/h2-3,7-10H,4-6H2,1H3. The first kappa shape index (κ1) is 10.8. The molecule has 0 aliphatic heterocycles. The van der Waals surface area contributed by atoms with Gasteiger partial charge >= 0.3 is 0 Å². The second kappa shape index (κ2) is 6.19. The molecule has 0 aromatic heterocycles. The van der Waals surface area contributed by atoms with Gasteiger partial charge in [-0.15, -0.1) is 0 Å². The molecule has 0 bridgehead atoms. The Morgan fingerprint density at radius 2 is 1.92 bits per heavy atom. The lowest BCUT2D eigenvalue weighted by molar-refractivity contribution is 0.842. The molecule has 1 aromatic carbocycles. The van der Waals surface area contributed by atoms with Crippen LogP contribution in [0.3, 0.4) is 0 Å². The summed E-state index contributed by atoms with van der Waals surface area (Å²) in [4.78, 5) is 0. The van der Waals surface area contributed by atoms with Gasteiger partial charge in [-0.1, -0.05) is 24.3 Å². The summed E-state index contributed by atoms with van der Waals surface area (Å²) in [5.74, 6) is 0. The molecule has 0 saturated heterocycles. The van der Waals surface area contributed by atoms with Crippen LogP contribution in [-0.2, 0) is 6.42 Å². The van der Waals surface area contributed by atoms with Crippen LogP contribution in [0.4, 0.5) is 0 Å². The Bertz CT molecular complexity index is 259. The molecule has 0 nitrogen and oxygen atoms in total. The summed E-state index contributed by atoms with van der Waals surface area (Å²) in [5, 5.41) is 0. The molecule has 0 radical (unpaired) electrons. The van der Waals surface area contributed by atoms with E-state index >= 15 is 0 Å². The van der Waals surface area contributed by atoms with Crippen LogP contribution in [0.2, 0.25) is 0 Å². The van der Waals surface area contributed by atoms with E-state index in [0.29, 0.717) is 0 Å². The zero-order chi connectivity index (χ0) is 9.52. The number of benzene rings is 1. The Morgan fingerprint density at radius 1 is 1.23 bits per heavy atom. The van der Waals surface area contributed by atoms with E-state index in [0.717, 1.165) is 0 Å². The smallest absolute Gasteiger partial charge is 0.0130 e. The van der Waals surface area contributed by atoms with E-state index in [1.807, 2.05) is 0 Å². The van der Waals surface area contributed by atoms with Crippen molar-refractivity contribution in [2.24, 2.45) is 0 Å². The van der Waals surface area contributed by atoms with Crippen molar-refractivity contribution in [3.63, 3.8) is 0 Å². The minimum atomic E-state index is 1.20. The maximum Gasteiger partial charge on any atom is 0.0130 e. The second-order valence-electron chi connectivity index (χ2n) is 3.09. The van der Waals surface area contributed by atoms with Crippen LogP contribution in [0, 0.1) is 3.57 Å². The van der Waals surface area contributed by atoms with E-state index in [-0.39, 0.29) is 0 Å². The molecule has 0 heterocycles. The van der Waals surface area contributed by atoms with Gasteiger partial charge in [0.05, 0.1) is 0 Å². The highest BCUT2D eigenvalue weighted by Gasteiger charge is 1.91. The molecular formula is C12H15I. The van der Waals surface area contributed by atoms with Gasteiger partial charge < -0.3 is 0 Å². The van der Waals surface area contributed by atoms with E-state index in [2.05, 4.69) is 65.9 Å². The normalized spacial score (nSPS) is 10.9. The number of allylic oxidation sites excluding steroid dienone is 2. The highest BCUT2D eigenvalue weighted by molar-refractivity contribution is 14.1. The van der Waals surface area contributed by atoms with Crippen LogP contribution >= 0.6 is 22.6 Å². The molecule has 1 aromatic rings. The van der Waals surface area contributed by atoms with Gasteiger partial charge in [0.25, 0.3) is 0 Å². The second-order valence-corrected chi connectivity index (χ2v) is 4.33. The molecule has 0 amide bonds. The zero-order valence-electron chi connectivity index (χ0n) is 7.96.